The van der Waals surface area contributed by atoms with Gasteiger partial charge in [-0.05, 0) is 13.0 Å². The van der Waals surface area contributed by atoms with Crippen LogP contribution in [-0.2, 0) is 19.2 Å². The SMILES string of the molecule is CCCNC(CC(=O)O)(CC(=O)O)C(N)(CC(=O)O)CC(=O)O. The van der Waals surface area contributed by atoms with Crippen LogP contribution in [0, 0.1) is 0 Å². The number of hydrogen-bond acceptors (Lipinski definition) is 6. The molecule has 0 amide bonds. The third kappa shape index (κ3) is 6.20. The summed E-state index contributed by atoms with van der Waals surface area (Å²) in [5, 5.41) is 38.9. The van der Waals surface area contributed by atoms with Crippen molar-refractivity contribution in [2.45, 2.75) is 50.1 Å². The highest BCUT2D eigenvalue weighted by molar-refractivity contribution is 5.78. The van der Waals surface area contributed by atoms with Crippen LogP contribution in [0.1, 0.15) is 39.0 Å². The minimum Gasteiger partial charge on any atom is -0.481 e. The molecule has 23 heavy (non-hydrogen) atoms. The fraction of sp³-hybridized carbons (Fsp3) is 0.692. The van der Waals surface area contributed by atoms with Crippen LogP contribution in [0.4, 0.5) is 0 Å². The molecule has 0 fully saturated rings. The number of rotatable bonds is 12. The number of hydrogen-bond donors (Lipinski definition) is 6. The Kier molecular flexibility index (Phi) is 7.63. The van der Waals surface area contributed by atoms with Crippen molar-refractivity contribution in [2.24, 2.45) is 5.73 Å². The molecule has 0 heterocycles. The molecule has 0 atom stereocenters. The van der Waals surface area contributed by atoms with Gasteiger partial charge in [0, 0.05) is 0 Å². The van der Waals surface area contributed by atoms with E-state index in [0.29, 0.717) is 6.42 Å². The molecule has 0 spiro atoms. The van der Waals surface area contributed by atoms with E-state index in [1.54, 1.807) is 6.92 Å². The highest BCUT2D eigenvalue weighted by Gasteiger charge is 2.53. The number of carboxylic acid groups (broad SMARTS) is 4. The lowest BCUT2D eigenvalue weighted by Crippen LogP contribution is -2.70. The van der Waals surface area contributed by atoms with Gasteiger partial charge in [-0.3, -0.25) is 19.2 Å². The maximum Gasteiger partial charge on any atom is 0.305 e. The van der Waals surface area contributed by atoms with Gasteiger partial charge in [0.2, 0.25) is 0 Å². The molecule has 0 unspecified atom stereocenters. The van der Waals surface area contributed by atoms with E-state index in [2.05, 4.69) is 5.32 Å². The van der Waals surface area contributed by atoms with Crippen LogP contribution in [0.3, 0.4) is 0 Å². The Balaban J connectivity index is 6.10. The van der Waals surface area contributed by atoms with E-state index in [9.17, 15) is 19.2 Å². The molecule has 7 N–H and O–H groups in total. The van der Waals surface area contributed by atoms with Crippen LogP contribution in [0.25, 0.3) is 0 Å². The maximum atomic E-state index is 11.2. The predicted molar refractivity (Wildman–Crippen MR) is 77.0 cm³/mol. The first-order valence-corrected chi connectivity index (χ1v) is 6.89. The Morgan fingerprint density at radius 3 is 1.43 bits per heavy atom. The van der Waals surface area contributed by atoms with Gasteiger partial charge < -0.3 is 31.5 Å². The van der Waals surface area contributed by atoms with Crippen molar-refractivity contribution in [3.63, 3.8) is 0 Å². The number of carbonyl (C=O) groups is 4. The monoisotopic (exact) mass is 334 g/mol. The van der Waals surface area contributed by atoms with Gasteiger partial charge in [0.15, 0.2) is 0 Å². The summed E-state index contributed by atoms with van der Waals surface area (Å²) >= 11 is 0. The first kappa shape index (κ1) is 20.8. The Bertz CT molecular complexity index is 445. The van der Waals surface area contributed by atoms with E-state index in [1.165, 1.54) is 0 Å². The summed E-state index contributed by atoms with van der Waals surface area (Å²) in [6, 6.07) is 0. The quantitative estimate of drug-likeness (QED) is 0.267. The van der Waals surface area contributed by atoms with E-state index < -0.39 is 60.6 Å². The van der Waals surface area contributed by atoms with Gasteiger partial charge in [0.05, 0.1) is 36.8 Å². The molecule has 0 rings (SSSR count). The molecule has 0 aliphatic rings. The van der Waals surface area contributed by atoms with E-state index in [1.807, 2.05) is 0 Å². The minimum absolute atomic E-state index is 0.152. The first-order chi connectivity index (χ1) is 10.5. The minimum atomic E-state index is -2.10. The smallest absolute Gasteiger partial charge is 0.305 e. The molecule has 0 aromatic heterocycles. The highest BCUT2D eigenvalue weighted by Crippen LogP contribution is 2.34. The van der Waals surface area contributed by atoms with Crippen LogP contribution in [0.15, 0.2) is 0 Å². The van der Waals surface area contributed by atoms with Crippen LogP contribution < -0.4 is 11.1 Å². The molecule has 0 saturated carbocycles. The Morgan fingerprint density at radius 2 is 1.17 bits per heavy atom. The standard InChI is InChI=1S/C13H22N2O8/c1-2-3-15-13(6-10(20)21,7-11(22)23)12(14,4-8(16)17)5-9(18)19/h15H,2-7,14H2,1H3,(H,16,17)(H,18,19)(H,20,21)(H,22,23). The molecule has 0 aliphatic heterocycles. The van der Waals surface area contributed by atoms with Gasteiger partial charge in [-0.1, -0.05) is 6.92 Å². The molecule has 10 nitrogen and oxygen atoms in total. The van der Waals surface area contributed by atoms with Crippen LogP contribution in [0.2, 0.25) is 0 Å². The maximum absolute atomic E-state index is 11.2. The second kappa shape index (κ2) is 8.44. The summed E-state index contributed by atoms with van der Waals surface area (Å²) in [4.78, 5) is 44.6. The van der Waals surface area contributed by atoms with Crippen LogP contribution >= 0.6 is 0 Å². The fourth-order valence-electron chi connectivity index (χ4n) is 2.54. The molecule has 10 heteroatoms. The zero-order valence-electron chi connectivity index (χ0n) is 12.7. The van der Waals surface area contributed by atoms with E-state index in [0.717, 1.165) is 0 Å². The van der Waals surface area contributed by atoms with Gasteiger partial charge in [-0.15, -0.1) is 0 Å². The van der Waals surface area contributed by atoms with Gasteiger partial charge >= 0.3 is 23.9 Å². The number of aliphatic carboxylic acids is 4. The van der Waals surface area contributed by atoms with Crippen LogP contribution in [0.5, 0.6) is 0 Å². The van der Waals surface area contributed by atoms with Crippen LogP contribution in [-0.4, -0.2) is 61.9 Å². The zero-order chi connectivity index (χ0) is 18.3. The van der Waals surface area contributed by atoms with Gasteiger partial charge in [-0.25, -0.2) is 0 Å². The molecule has 0 saturated heterocycles. The molecule has 0 bridgehead atoms. The second-order valence-corrected chi connectivity index (χ2v) is 5.45. The van der Waals surface area contributed by atoms with Crippen molar-refractivity contribution >= 4 is 23.9 Å². The topological polar surface area (TPSA) is 187 Å². The number of carboxylic acids is 4. The Hall–Kier alpha value is -2.20. The normalized spacial score (nSPS) is 11.9. The van der Waals surface area contributed by atoms with Crippen molar-refractivity contribution in [2.75, 3.05) is 6.54 Å². The van der Waals surface area contributed by atoms with Gasteiger partial charge in [-0.2, -0.15) is 0 Å². The molecular formula is C13H22N2O8. The first-order valence-electron chi connectivity index (χ1n) is 6.89. The summed E-state index contributed by atoms with van der Waals surface area (Å²) < 4.78 is 0. The summed E-state index contributed by atoms with van der Waals surface area (Å²) in [6.07, 6.45) is -2.95. The number of nitrogens with one attached hydrogen (secondary N) is 1. The average molecular weight is 334 g/mol. The van der Waals surface area contributed by atoms with Gasteiger partial charge in [0.25, 0.3) is 0 Å². The average Bonchev–Trinajstić information content (AvgIpc) is 2.32. The predicted octanol–water partition coefficient (Wildman–Crippen LogP) is -0.679. The second-order valence-electron chi connectivity index (χ2n) is 5.45. The largest absolute Gasteiger partial charge is 0.481 e. The van der Waals surface area contributed by atoms with E-state index >= 15 is 0 Å². The summed E-state index contributed by atoms with van der Waals surface area (Å²) in [6.45, 7) is 1.88. The van der Waals surface area contributed by atoms with Gasteiger partial charge in [0.1, 0.15) is 0 Å². The summed E-state index contributed by atoms with van der Waals surface area (Å²) in [5.41, 5.74) is 1.95. The Morgan fingerprint density at radius 1 is 0.826 bits per heavy atom. The number of nitrogens with two attached hydrogens (primary N) is 1. The van der Waals surface area contributed by atoms with Crippen molar-refractivity contribution in [1.29, 1.82) is 0 Å². The van der Waals surface area contributed by atoms with Crippen molar-refractivity contribution < 1.29 is 39.6 Å². The summed E-state index contributed by atoms with van der Waals surface area (Å²) in [5.74, 6) is -5.74. The van der Waals surface area contributed by atoms with E-state index in [4.69, 9.17) is 26.2 Å². The molecule has 132 valence electrons. The third-order valence-corrected chi connectivity index (χ3v) is 3.51. The lowest BCUT2D eigenvalue weighted by molar-refractivity contribution is -0.151. The molecule has 0 radical (unpaired) electrons. The van der Waals surface area contributed by atoms with E-state index in [-0.39, 0.29) is 6.54 Å². The van der Waals surface area contributed by atoms with Crippen molar-refractivity contribution in [1.82, 2.24) is 5.32 Å². The summed E-state index contributed by atoms with van der Waals surface area (Å²) in [7, 11) is 0. The lowest BCUT2D eigenvalue weighted by atomic mass is 9.68. The molecule has 0 aromatic carbocycles. The highest BCUT2D eigenvalue weighted by atomic mass is 16.4. The zero-order valence-corrected chi connectivity index (χ0v) is 12.7. The molecular weight excluding hydrogens is 312 g/mol. The van der Waals surface area contributed by atoms with Crippen molar-refractivity contribution in [3.8, 4) is 0 Å². The lowest BCUT2D eigenvalue weighted by Gasteiger charge is -2.46. The molecule has 0 aromatic rings. The molecule has 0 aliphatic carbocycles. The fourth-order valence-corrected chi connectivity index (χ4v) is 2.54. The Labute approximate surface area is 132 Å². The van der Waals surface area contributed by atoms with Crippen molar-refractivity contribution in [3.05, 3.63) is 0 Å². The third-order valence-electron chi connectivity index (χ3n) is 3.51.